The van der Waals surface area contributed by atoms with Gasteiger partial charge in [-0.1, -0.05) is 56.1 Å². The zero-order valence-corrected chi connectivity index (χ0v) is 16.3. The van der Waals surface area contributed by atoms with E-state index in [1.807, 2.05) is 0 Å². The van der Waals surface area contributed by atoms with Crippen molar-refractivity contribution in [3.05, 3.63) is 0 Å². The zero-order chi connectivity index (χ0) is 14.9. The molecule has 0 spiro atoms. The van der Waals surface area contributed by atoms with Gasteiger partial charge in [0.15, 0.2) is 0 Å². The first-order valence-electron chi connectivity index (χ1n) is 7.23. The van der Waals surface area contributed by atoms with Gasteiger partial charge in [-0.2, -0.15) is 0 Å². The van der Waals surface area contributed by atoms with E-state index < -0.39 is 8.07 Å². The second-order valence-corrected chi connectivity index (χ2v) is 14.2. The number of ketones is 1. The van der Waals surface area contributed by atoms with Crippen molar-refractivity contribution in [2.45, 2.75) is 69.5 Å². The summed E-state index contributed by atoms with van der Waals surface area (Å²) in [7, 11) is -1.26. The molecule has 0 aromatic carbocycles. The number of hydrogen-bond donors (Lipinski definition) is 0. The van der Waals surface area contributed by atoms with Crippen LogP contribution in [-0.4, -0.2) is 17.3 Å². The summed E-state index contributed by atoms with van der Waals surface area (Å²) < 4.78 is -0.233. The topological polar surface area (TPSA) is 17.1 Å². The van der Waals surface area contributed by atoms with Crippen LogP contribution in [0, 0.1) is 22.8 Å². The zero-order valence-electron chi connectivity index (χ0n) is 13.2. The average molecular weight is 390 g/mol. The number of hydrogen-bond acceptors (Lipinski definition) is 1. The fourth-order valence-corrected chi connectivity index (χ4v) is 4.54. The third kappa shape index (κ3) is 3.84. The van der Waals surface area contributed by atoms with Crippen LogP contribution in [-0.2, 0) is 4.79 Å². The Morgan fingerprint density at radius 1 is 1.37 bits per heavy atom. The van der Waals surface area contributed by atoms with Gasteiger partial charge in [0.05, 0.1) is 3.42 Å². The van der Waals surface area contributed by atoms with Crippen LogP contribution in [0.25, 0.3) is 0 Å². The molecule has 0 heterocycles. The van der Waals surface area contributed by atoms with Crippen molar-refractivity contribution < 1.29 is 4.79 Å². The maximum atomic E-state index is 12.2. The molecule has 1 nitrogen and oxygen atoms in total. The molecule has 19 heavy (non-hydrogen) atoms. The SMILES string of the molecule is C[C@@H]1CCC(=O)[C@@](C)(I)[C@@]1(C)CCC#C[Si](C)(C)C. The number of halogens is 1. The Hall–Kier alpha value is 0.177. The van der Waals surface area contributed by atoms with Gasteiger partial charge in [0.2, 0.25) is 0 Å². The van der Waals surface area contributed by atoms with Crippen LogP contribution in [0.15, 0.2) is 0 Å². The highest BCUT2D eigenvalue weighted by molar-refractivity contribution is 14.1. The van der Waals surface area contributed by atoms with Gasteiger partial charge in [-0.15, -0.1) is 11.5 Å². The molecule has 108 valence electrons. The Morgan fingerprint density at radius 2 is 1.95 bits per heavy atom. The summed E-state index contributed by atoms with van der Waals surface area (Å²) in [5, 5.41) is 0. The van der Waals surface area contributed by atoms with Gasteiger partial charge in [-0.3, -0.25) is 4.79 Å². The quantitative estimate of drug-likeness (QED) is 0.285. The Bertz CT molecular complexity index is 411. The van der Waals surface area contributed by atoms with E-state index in [1.165, 1.54) is 0 Å². The van der Waals surface area contributed by atoms with E-state index in [1.54, 1.807) is 0 Å². The second kappa shape index (κ2) is 5.89. The summed E-state index contributed by atoms with van der Waals surface area (Å²) in [5.41, 5.74) is 3.51. The van der Waals surface area contributed by atoms with Crippen LogP contribution in [0.3, 0.4) is 0 Å². The molecule has 3 heteroatoms. The van der Waals surface area contributed by atoms with Gasteiger partial charge in [-0.05, 0) is 31.1 Å². The third-order valence-electron chi connectivity index (χ3n) is 4.72. The summed E-state index contributed by atoms with van der Waals surface area (Å²) in [4.78, 5) is 12.2. The third-order valence-corrected chi connectivity index (χ3v) is 7.48. The van der Waals surface area contributed by atoms with Gasteiger partial charge in [0.1, 0.15) is 13.9 Å². The average Bonchev–Trinajstić information content (AvgIpc) is 2.27. The number of Topliss-reactive ketones (excluding diaryl/α,β-unsaturated/α-hetero) is 1. The minimum absolute atomic E-state index is 0.0804. The Balaban J connectivity index is 2.82. The van der Waals surface area contributed by atoms with E-state index in [-0.39, 0.29) is 8.84 Å². The van der Waals surface area contributed by atoms with E-state index in [9.17, 15) is 4.79 Å². The lowest BCUT2D eigenvalue weighted by Crippen LogP contribution is -2.52. The summed E-state index contributed by atoms with van der Waals surface area (Å²) in [5.74, 6) is 4.39. The maximum absolute atomic E-state index is 12.2. The highest BCUT2D eigenvalue weighted by Gasteiger charge is 2.52. The smallest absolute Gasteiger partial charge is 0.149 e. The minimum Gasteiger partial charge on any atom is -0.298 e. The van der Waals surface area contributed by atoms with Crippen LogP contribution in [0.5, 0.6) is 0 Å². The van der Waals surface area contributed by atoms with Crippen molar-refractivity contribution >= 4 is 36.4 Å². The molecule has 0 aromatic rings. The summed E-state index contributed by atoms with van der Waals surface area (Å²) >= 11 is 2.39. The molecular weight excluding hydrogens is 363 g/mol. The molecule has 0 saturated heterocycles. The molecule has 1 saturated carbocycles. The molecule has 1 aliphatic carbocycles. The van der Waals surface area contributed by atoms with Gasteiger partial charge in [0.25, 0.3) is 0 Å². The molecule has 0 bridgehead atoms. The molecule has 0 N–H and O–H groups in total. The van der Waals surface area contributed by atoms with Crippen LogP contribution < -0.4 is 0 Å². The van der Waals surface area contributed by atoms with Crippen LogP contribution in [0.2, 0.25) is 19.6 Å². The standard InChI is InChI=1S/C16H27IOSi/c1-13-9-10-14(18)16(3,17)15(13,2)11-7-8-12-19(4,5)6/h13H,7,9-11H2,1-6H3/t13-,15+,16-/m1/s1. The summed E-state index contributed by atoms with van der Waals surface area (Å²) in [6.07, 6.45) is 3.75. The predicted octanol–water partition coefficient (Wildman–Crippen LogP) is 4.85. The predicted molar refractivity (Wildman–Crippen MR) is 94.3 cm³/mol. The fourth-order valence-electron chi connectivity index (χ4n) is 2.81. The van der Waals surface area contributed by atoms with Gasteiger partial charge >= 0.3 is 0 Å². The Labute approximate surface area is 133 Å². The van der Waals surface area contributed by atoms with Crippen molar-refractivity contribution in [2.24, 2.45) is 11.3 Å². The first-order chi connectivity index (χ1) is 8.51. The van der Waals surface area contributed by atoms with Crippen molar-refractivity contribution in [1.82, 2.24) is 0 Å². The second-order valence-electron chi connectivity index (χ2n) is 7.34. The fraction of sp³-hybridized carbons (Fsp3) is 0.812. The van der Waals surface area contributed by atoms with Crippen molar-refractivity contribution in [3.8, 4) is 11.5 Å². The first kappa shape index (κ1) is 17.2. The Morgan fingerprint density at radius 3 is 2.47 bits per heavy atom. The molecule has 3 atom stereocenters. The molecule has 1 rings (SSSR count). The minimum atomic E-state index is -1.26. The van der Waals surface area contributed by atoms with Gasteiger partial charge in [-0.25, -0.2) is 0 Å². The number of carbonyl (C=O) groups excluding carboxylic acids is 1. The summed E-state index contributed by atoms with van der Waals surface area (Å²) in [6.45, 7) is 13.5. The van der Waals surface area contributed by atoms with Crippen LogP contribution >= 0.6 is 22.6 Å². The number of alkyl halides is 1. The lowest BCUT2D eigenvalue weighted by molar-refractivity contribution is -0.128. The molecule has 0 aliphatic heterocycles. The van der Waals surface area contributed by atoms with E-state index in [0.29, 0.717) is 11.7 Å². The summed E-state index contributed by atoms with van der Waals surface area (Å²) in [6, 6.07) is 0. The highest BCUT2D eigenvalue weighted by Crippen LogP contribution is 2.53. The molecular formula is C16H27IOSi. The van der Waals surface area contributed by atoms with E-state index in [4.69, 9.17) is 0 Å². The monoisotopic (exact) mass is 390 g/mol. The van der Waals surface area contributed by atoms with Gasteiger partial charge < -0.3 is 0 Å². The number of carbonyl (C=O) groups is 1. The lowest BCUT2D eigenvalue weighted by Gasteiger charge is -2.49. The van der Waals surface area contributed by atoms with E-state index in [0.717, 1.165) is 25.7 Å². The molecule has 0 amide bonds. The largest absolute Gasteiger partial charge is 0.298 e. The van der Waals surface area contributed by atoms with Crippen molar-refractivity contribution in [1.29, 1.82) is 0 Å². The molecule has 1 aliphatic rings. The molecule has 0 aromatic heterocycles. The van der Waals surface area contributed by atoms with Gasteiger partial charge in [0, 0.05) is 12.8 Å². The normalized spacial score (nSPS) is 35.7. The lowest BCUT2D eigenvalue weighted by atomic mass is 9.60. The molecule has 0 radical (unpaired) electrons. The Kier molecular flexibility index (Phi) is 5.34. The van der Waals surface area contributed by atoms with E-state index in [2.05, 4.69) is 74.5 Å². The molecule has 1 fully saturated rings. The highest BCUT2D eigenvalue weighted by atomic mass is 127. The van der Waals surface area contributed by atoms with Crippen LogP contribution in [0.1, 0.15) is 46.5 Å². The van der Waals surface area contributed by atoms with Crippen molar-refractivity contribution in [3.63, 3.8) is 0 Å². The van der Waals surface area contributed by atoms with Crippen molar-refractivity contribution in [2.75, 3.05) is 0 Å². The maximum Gasteiger partial charge on any atom is 0.149 e. The van der Waals surface area contributed by atoms with Crippen LogP contribution in [0.4, 0.5) is 0 Å². The number of rotatable bonds is 2. The first-order valence-corrected chi connectivity index (χ1v) is 11.8. The van der Waals surface area contributed by atoms with E-state index >= 15 is 0 Å². The molecule has 0 unspecified atom stereocenters.